The summed E-state index contributed by atoms with van der Waals surface area (Å²) in [6.45, 7) is 14.1. The molecule has 0 unspecified atom stereocenters. The third-order valence-corrected chi connectivity index (χ3v) is 8.50. The van der Waals surface area contributed by atoms with E-state index in [2.05, 4.69) is 52.9 Å². The zero-order valence-corrected chi connectivity index (χ0v) is 13.1. The second-order valence-corrected chi connectivity index (χ2v) is 10.8. The van der Waals surface area contributed by atoms with Gasteiger partial charge in [0.1, 0.15) is 8.07 Å². The van der Waals surface area contributed by atoms with Crippen molar-refractivity contribution in [1.82, 2.24) is 0 Å². The average molecular weight is 244 g/mol. The number of rotatable bonds is 2. The van der Waals surface area contributed by atoms with Gasteiger partial charge in [0.05, 0.1) is 0 Å². The largest absolute Gasteiger partial charge is 0.103 e. The normalized spacial score (nSPS) is 21.3. The van der Waals surface area contributed by atoms with E-state index in [4.69, 9.17) is 0 Å². The highest BCUT2D eigenvalue weighted by Gasteiger charge is 2.34. The maximum absolute atomic E-state index is 2.52. The molecule has 0 heterocycles. The predicted octanol–water partition coefficient (Wildman–Crippen LogP) is 5.11. The molecule has 0 spiro atoms. The molecule has 0 amide bonds. The SMILES string of the molecule is CC1=C(C)CC([Si](C)(C)C2=CC(C)=C(C)C2)=C1. The van der Waals surface area contributed by atoms with Crippen LogP contribution in [0.2, 0.25) is 13.1 Å². The van der Waals surface area contributed by atoms with Gasteiger partial charge in [-0.2, -0.15) is 0 Å². The van der Waals surface area contributed by atoms with Crippen LogP contribution < -0.4 is 0 Å². The second-order valence-electron chi connectivity index (χ2n) is 6.24. The highest BCUT2D eigenvalue weighted by atomic mass is 28.3. The van der Waals surface area contributed by atoms with Gasteiger partial charge in [0.2, 0.25) is 0 Å². The molecule has 0 aliphatic heterocycles. The lowest BCUT2D eigenvalue weighted by molar-refractivity contribution is 1.16. The standard InChI is InChI=1S/C16H24Si/c1-11-7-15(8-12(11)2)17(5,6)16-9-13(3)14(4)10-16/h7,9H,8,10H2,1-6H3. The van der Waals surface area contributed by atoms with Crippen molar-refractivity contribution < 1.29 is 0 Å². The summed E-state index contributed by atoms with van der Waals surface area (Å²) in [7, 11) is -1.37. The van der Waals surface area contributed by atoms with Crippen LogP contribution in [-0.2, 0) is 0 Å². The van der Waals surface area contributed by atoms with Gasteiger partial charge in [0, 0.05) is 0 Å². The van der Waals surface area contributed by atoms with Crippen LogP contribution in [0.1, 0.15) is 40.5 Å². The molecule has 2 rings (SSSR count). The van der Waals surface area contributed by atoms with E-state index in [-0.39, 0.29) is 0 Å². The maximum atomic E-state index is 2.52. The molecule has 0 saturated heterocycles. The summed E-state index contributed by atoms with van der Waals surface area (Å²) >= 11 is 0. The summed E-state index contributed by atoms with van der Waals surface area (Å²) in [6.07, 6.45) is 7.37. The van der Waals surface area contributed by atoms with E-state index in [9.17, 15) is 0 Å². The topological polar surface area (TPSA) is 0 Å². The average Bonchev–Trinajstić information content (AvgIpc) is 2.74. The molecule has 0 aromatic carbocycles. The highest BCUT2D eigenvalue weighted by molar-refractivity contribution is 6.90. The fraction of sp³-hybridized carbons (Fsp3) is 0.500. The molecule has 92 valence electrons. The van der Waals surface area contributed by atoms with Gasteiger partial charge >= 0.3 is 0 Å². The second kappa shape index (κ2) is 4.13. The van der Waals surface area contributed by atoms with E-state index >= 15 is 0 Å². The summed E-state index contributed by atoms with van der Waals surface area (Å²) in [4.78, 5) is 0. The van der Waals surface area contributed by atoms with Crippen molar-refractivity contribution in [3.05, 3.63) is 44.8 Å². The van der Waals surface area contributed by atoms with Crippen LogP contribution in [0.3, 0.4) is 0 Å². The molecule has 0 aromatic heterocycles. The zero-order valence-electron chi connectivity index (χ0n) is 12.1. The van der Waals surface area contributed by atoms with Gasteiger partial charge in [0.15, 0.2) is 0 Å². The first-order valence-electron chi connectivity index (χ1n) is 6.57. The van der Waals surface area contributed by atoms with Crippen molar-refractivity contribution in [2.75, 3.05) is 0 Å². The van der Waals surface area contributed by atoms with Gasteiger partial charge in [-0.25, -0.2) is 0 Å². The summed E-state index contributed by atoms with van der Waals surface area (Å²) in [6, 6.07) is 0. The van der Waals surface area contributed by atoms with Crippen LogP contribution in [0, 0.1) is 0 Å². The Balaban J connectivity index is 2.24. The number of hydrogen-bond donors (Lipinski definition) is 0. The Kier molecular flexibility index (Phi) is 3.07. The molecule has 1 heteroatoms. The lowest BCUT2D eigenvalue weighted by Gasteiger charge is -2.27. The first-order valence-corrected chi connectivity index (χ1v) is 9.57. The summed E-state index contributed by atoms with van der Waals surface area (Å²) < 4.78 is 0. The molecule has 17 heavy (non-hydrogen) atoms. The van der Waals surface area contributed by atoms with E-state index in [1.165, 1.54) is 24.0 Å². The molecular formula is C16H24Si. The summed E-state index contributed by atoms with van der Waals surface area (Å²) in [5, 5.41) is 3.45. The van der Waals surface area contributed by atoms with Gasteiger partial charge < -0.3 is 0 Å². The first kappa shape index (κ1) is 12.6. The van der Waals surface area contributed by atoms with Crippen molar-refractivity contribution >= 4 is 8.07 Å². The minimum Gasteiger partial charge on any atom is -0.0722 e. The van der Waals surface area contributed by atoms with Crippen LogP contribution in [0.15, 0.2) is 44.8 Å². The van der Waals surface area contributed by atoms with Gasteiger partial charge in [0.25, 0.3) is 0 Å². The lowest BCUT2D eigenvalue weighted by Crippen LogP contribution is -2.31. The molecule has 0 aromatic rings. The minimum atomic E-state index is -1.37. The van der Waals surface area contributed by atoms with Crippen molar-refractivity contribution in [1.29, 1.82) is 0 Å². The smallest absolute Gasteiger partial charge is 0.0722 e. The number of allylic oxidation sites excluding steroid dienone is 8. The fourth-order valence-electron chi connectivity index (χ4n) is 2.73. The molecular weight excluding hydrogens is 220 g/mol. The Hall–Kier alpha value is -0.823. The molecule has 0 bridgehead atoms. The molecule has 2 aliphatic carbocycles. The van der Waals surface area contributed by atoms with Crippen molar-refractivity contribution in [3.8, 4) is 0 Å². The lowest BCUT2D eigenvalue weighted by atomic mass is 10.2. The molecule has 0 atom stereocenters. The first-order chi connectivity index (χ1) is 7.82. The molecule has 0 saturated carbocycles. The minimum absolute atomic E-state index is 1.22. The molecule has 2 aliphatic rings. The van der Waals surface area contributed by atoms with E-state index in [1.807, 2.05) is 0 Å². The quantitative estimate of drug-likeness (QED) is 0.592. The van der Waals surface area contributed by atoms with E-state index in [0.717, 1.165) is 0 Å². The Labute approximate surface area is 107 Å². The third-order valence-electron chi connectivity index (χ3n) is 4.64. The van der Waals surface area contributed by atoms with Crippen LogP contribution in [0.25, 0.3) is 0 Å². The van der Waals surface area contributed by atoms with Crippen LogP contribution in [0.5, 0.6) is 0 Å². The summed E-state index contributed by atoms with van der Waals surface area (Å²) in [5.74, 6) is 0. The molecule has 0 N–H and O–H groups in total. The highest BCUT2D eigenvalue weighted by Crippen LogP contribution is 2.39. The van der Waals surface area contributed by atoms with Crippen LogP contribution in [0.4, 0.5) is 0 Å². The van der Waals surface area contributed by atoms with Gasteiger partial charge in [-0.3, -0.25) is 0 Å². The third kappa shape index (κ3) is 2.13. The van der Waals surface area contributed by atoms with Crippen molar-refractivity contribution in [2.24, 2.45) is 0 Å². The fourth-order valence-corrected chi connectivity index (χ4v) is 5.71. The van der Waals surface area contributed by atoms with E-state index in [0.29, 0.717) is 0 Å². The van der Waals surface area contributed by atoms with Gasteiger partial charge in [-0.05, 0) is 40.5 Å². The van der Waals surface area contributed by atoms with E-state index in [1.54, 1.807) is 21.5 Å². The summed E-state index contributed by atoms with van der Waals surface area (Å²) in [5.41, 5.74) is 6.14. The molecule has 0 fully saturated rings. The van der Waals surface area contributed by atoms with Crippen molar-refractivity contribution in [3.63, 3.8) is 0 Å². The van der Waals surface area contributed by atoms with Crippen LogP contribution in [-0.4, -0.2) is 8.07 Å². The monoisotopic (exact) mass is 244 g/mol. The Morgan fingerprint density at radius 2 is 1.12 bits per heavy atom. The molecule has 0 radical (unpaired) electrons. The number of hydrogen-bond acceptors (Lipinski definition) is 0. The van der Waals surface area contributed by atoms with E-state index < -0.39 is 8.07 Å². The Morgan fingerprint density at radius 3 is 1.35 bits per heavy atom. The van der Waals surface area contributed by atoms with Crippen molar-refractivity contribution in [2.45, 2.75) is 53.6 Å². The Bertz CT molecular complexity index is 438. The van der Waals surface area contributed by atoms with Gasteiger partial charge in [-0.1, -0.05) is 57.9 Å². The Morgan fingerprint density at radius 1 is 0.765 bits per heavy atom. The van der Waals surface area contributed by atoms with Crippen LogP contribution >= 0.6 is 0 Å². The van der Waals surface area contributed by atoms with Gasteiger partial charge in [-0.15, -0.1) is 0 Å². The zero-order chi connectivity index (χ0) is 12.8. The maximum Gasteiger partial charge on any atom is 0.103 e. The molecule has 0 nitrogen and oxygen atoms in total. The predicted molar refractivity (Wildman–Crippen MR) is 79.6 cm³/mol.